The molecule has 1 atom stereocenters. The first-order chi connectivity index (χ1) is 8.93. The number of sulfonamides is 1. The van der Waals surface area contributed by atoms with E-state index in [9.17, 15) is 8.42 Å². The molecule has 1 aromatic rings. The molecule has 0 saturated carbocycles. The van der Waals surface area contributed by atoms with E-state index in [1.807, 2.05) is 13.8 Å². The van der Waals surface area contributed by atoms with Gasteiger partial charge >= 0.3 is 0 Å². The quantitative estimate of drug-likeness (QED) is 0.783. The summed E-state index contributed by atoms with van der Waals surface area (Å²) in [7, 11) is -3.45. The van der Waals surface area contributed by atoms with E-state index in [1.54, 1.807) is 22.5 Å². The Hall–Kier alpha value is -1.07. The molecule has 4 nitrogen and oxygen atoms in total. The topological polar surface area (TPSA) is 63.4 Å². The van der Waals surface area contributed by atoms with Crippen LogP contribution in [0.3, 0.4) is 0 Å². The Morgan fingerprint density at radius 2 is 2.00 bits per heavy atom. The van der Waals surface area contributed by atoms with Crippen LogP contribution in [0.1, 0.15) is 40.0 Å². The van der Waals surface area contributed by atoms with E-state index in [2.05, 4.69) is 6.92 Å². The van der Waals surface area contributed by atoms with Crippen molar-refractivity contribution in [3.8, 4) is 0 Å². The maximum atomic E-state index is 12.7. The molecule has 1 unspecified atom stereocenters. The molecule has 0 radical (unpaired) electrons. The molecule has 0 aliphatic carbocycles. The van der Waals surface area contributed by atoms with Gasteiger partial charge in [0, 0.05) is 18.3 Å². The zero-order valence-corrected chi connectivity index (χ0v) is 12.8. The minimum atomic E-state index is -3.45. The average Bonchev–Trinajstić information content (AvgIpc) is 2.38. The van der Waals surface area contributed by atoms with Crippen LogP contribution in [0.15, 0.2) is 29.2 Å². The van der Waals surface area contributed by atoms with E-state index >= 15 is 0 Å². The highest BCUT2D eigenvalue weighted by Crippen LogP contribution is 2.21. The Morgan fingerprint density at radius 1 is 1.32 bits per heavy atom. The van der Waals surface area contributed by atoms with E-state index < -0.39 is 10.0 Å². The van der Waals surface area contributed by atoms with Gasteiger partial charge < -0.3 is 5.73 Å². The van der Waals surface area contributed by atoms with E-state index in [-0.39, 0.29) is 10.9 Å². The fourth-order valence-electron chi connectivity index (χ4n) is 1.91. The largest absolute Gasteiger partial charge is 0.399 e. The summed E-state index contributed by atoms with van der Waals surface area (Å²) in [5.41, 5.74) is 6.15. The van der Waals surface area contributed by atoms with Gasteiger partial charge in [-0.1, -0.05) is 26.3 Å². The molecule has 0 aliphatic heterocycles. The van der Waals surface area contributed by atoms with Crippen molar-refractivity contribution in [3.05, 3.63) is 24.3 Å². The van der Waals surface area contributed by atoms with E-state index in [4.69, 9.17) is 5.73 Å². The zero-order chi connectivity index (χ0) is 14.5. The second-order valence-corrected chi connectivity index (χ2v) is 6.69. The predicted octanol–water partition coefficient (Wildman–Crippen LogP) is 2.86. The lowest BCUT2D eigenvalue weighted by atomic mass is 10.2. The summed E-state index contributed by atoms with van der Waals surface area (Å²) >= 11 is 0. The van der Waals surface area contributed by atoms with E-state index in [1.165, 1.54) is 6.07 Å². The van der Waals surface area contributed by atoms with Gasteiger partial charge in [0.1, 0.15) is 0 Å². The lowest BCUT2D eigenvalue weighted by molar-refractivity contribution is 0.324. The van der Waals surface area contributed by atoms with Gasteiger partial charge in [0.05, 0.1) is 4.90 Å². The molecule has 108 valence electrons. The third-order valence-electron chi connectivity index (χ3n) is 3.28. The van der Waals surface area contributed by atoms with Crippen molar-refractivity contribution >= 4 is 15.7 Å². The highest BCUT2D eigenvalue weighted by Gasteiger charge is 2.27. The van der Waals surface area contributed by atoms with Crippen LogP contribution in [-0.2, 0) is 10.0 Å². The number of hydrogen-bond acceptors (Lipinski definition) is 3. The maximum absolute atomic E-state index is 12.7. The Kier molecular flexibility index (Phi) is 5.82. The Morgan fingerprint density at radius 3 is 2.53 bits per heavy atom. The SMILES string of the molecule is CCCCN(C(C)CC)S(=O)(=O)c1cccc(N)c1. The van der Waals surface area contributed by atoms with Gasteiger partial charge in [-0.3, -0.25) is 0 Å². The second-order valence-electron chi connectivity index (χ2n) is 4.80. The minimum absolute atomic E-state index is 0.00187. The summed E-state index contributed by atoms with van der Waals surface area (Å²) in [5, 5.41) is 0. The van der Waals surface area contributed by atoms with Crippen molar-refractivity contribution in [2.45, 2.75) is 51.0 Å². The number of unbranched alkanes of at least 4 members (excludes halogenated alkanes) is 1. The molecular weight excluding hydrogens is 260 g/mol. The lowest BCUT2D eigenvalue weighted by Gasteiger charge is -2.27. The van der Waals surface area contributed by atoms with Crippen molar-refractivity contribution in [2.75, 3.05) is 12.3 Å². The van der Waals surface area contributed by atoms with Crippen LogP contribution in [0.25, 0.3) is 0 Å². The number of nitrogens with zero attached hydrogens (tertiary/aromatic N) is 1. The van der Waals surface area contributed by atoms with Gasteiger partial charge in [0.15, 0.2) is 0 Å². The van der Waals surface area contributed by atoms with Crippen LogP contribution in [0.4, 0.5) is 5.69 Å². The van der Waals surface area contributed by atoms with Crippen LogP contribution in [0, 0.1) is 0 Å². The van der Waals surface area contributed by atoms with Gasteiger partial charge in [-0.25, -0.2) is 8.42 Å². The fourth-order valence-corrected chi connectivity index (χ4v) is 3.70. The minimum Gasteiger partial charge on any atom is -0.399 e. The predicted molar refractivity (Wildman–Crippen MR) is 79.4 cm³/mol. The summed E-state index contributed by atoms with van der Waals surface area (Å²) in [4.78, 5) is 0.281. The van der Waals surface area contributed by atoms with Crippen molar-refractivity contribution in [2.24, 2.45) is 0 Å². The first-order valence-electron chi connectivity index (χ1n) is 6.80. The smallest absolute Gasteiger partial charge is 0.243 e. The monoisotopic (exact) mass is 284 g/mol. The van der Waals surface area contributed by atoms with Crippen molar-refractivity contribution in [1.82, 2.24) is 4.31 Å². The Bertz CT molecular complexity index is 500. The number of rotatable bonds is 7. The number of nitrogens with two attached hydrogens (primary N) is 1. The molecule has 0 aliphatic rings. The summed E-state index contributed by atoms with van der Waals surface area (Å²) in [5.74, 6) is 0. The van der Waals surface area contributed by atoms with Crippen LogP contribution in [0.5, 0.6) is 0 Å². The molecule has 19 heavy (non-hydrogen) atoms. The average molecular weight is 284 g/mol. The normalized spacial score (nSPS) is 13.7. The van der Waals surface area contributed by atoms with Gasteiger partial charge in [-0.05, 0) is 38.0 Å². The number of benzene rings is 1. The molecule has 0 bridgehead atoms. The van der Waals surface area contributed by atoms with Crippen molar-refractivity contribution in [1.29, 1.82) is 0 Å². The molecular formula is C14H24N2O2S. The Balaban J connectivity index is 3.11. The third kappa shape index (κ3) is 3.94. The molecule has 0 saturated heterocycles. The summed E-state index contributed by atoms with van der Waals surface area (Å²) in [6, 6.07) is 6.50. The third-order valence-corrected chi connectivity index (χ3v) is 5.29. The molecule has 2 N–H and O–H groups in total. The maximum Gasteiger partial charge on any atom is 0.243 e. The first-order valence-corrected chi connectivity index (χ1v) is 8.24. The highest BCUT2D eigenvalue weighted by atomic mass is 32.2. The molecule has 1 aromatic carbocycles. The van der Waals surface area contributed by atoms with Gasteiger partial charge in [-0.15, -0.1) is 0 Å². The van der Waals surface area contributed by atoms with Crippen LogP contribution in [-0.4, -0.2) is 25.3 Å². The molecule has 0 amide bonds. The Labute approximate surface area is 116 Å². The summed E-state index contributed by atoms with van der Waals surface area (Å²) < 4.78 is 26.9. The van der Waals surface area contributed by atoms with Gasteiger partial charge in [-0.2, -0.15) is 4.31 Å². The number of anilines is 1. The van der Waals surface area contributed by atoms with Gasteiger partial charge in [0.2, 0.25) is 10.0 Å². The second kappa shape index (κ2) is 6.91. The van der Waals surface area contributed by atoms with E-state index in [0.29, 0.717) is 12.2 Å². The van der Waals surface area contributed by atoms with Crippen molar-refractivity contribution in [3.63, 3.8) is 0 Å². The van der Waals surface area contributed by atoms with Gasteiger partial charge in [0.25, 0.3) is 0 Å². The van der Waals surface area contributed by atoms with Crippen LogP contribution in [0.2, 0.25) is 0 Å². The first kappa shape index (κ1) is 16.0. The highest BCUT2D eigenvalue weighted by molar-refractivity contribution is 7.89. The molecule has 5 heteroatoms. The summed E-state index contributed by atoms with van der Waals surface area (Å²) in [6.07, 6.45) is 2.64. The summed E-state index contributed by atoms with van der Waals surface area (Å²) in [6.45, 7) is 6.56. The lowest BCUT2D eigenvalue weighted by Crippen LogP contribution is -2.39. The molecule has 0 spiro atoms. The molecule has 0 aromatic heterocycles. The standard InChI is InChI=1S/C14H24N2O2S/c1-4-6-10-16(12(3)5-2)19(17,18)14-9-7-8-13(15)11-14/h7-9,11-12H,4-6,10,15H2,1-3H3. The zero-order valence-electron chi connectivity index (χ0n) is 12.0. The van der Waals surface area contributed by atoms with Crippen LogP contribution >= 0.6 is 0 Å². The number of nitrogen functional groups attached to an aromatic ring is 1. The molecule has 1 rings (SSSR count). The van der Waals surface area contributed by atoms with E-state index in [0.717, 1.165) is 19.3 Å². The van der Waals surface area contributed by atoms with Crippen LogP contribution < -0.4 is 5.73 Å². The van der Waals surface area contributed by atoms with Crippen molar-refractivity contribution < 1.29 is 8.42 Å². The molecule has 0 heterocycles. The fraction of sp³-hybridized carbons (Fsp3) is 0.571. The number of hydrogen-bond donors (Lipinski definition) is 1. The molecule has 0 fully saturated rings.